The van der Waals surface area contributed by atoms with Gasteiger partial charge in [0, 0.05) is 18.7 Å². The van der Waals surface area contributed by atoms with Crippen molar-refractivity contribution in [2.24, 2.45) is 0 Å². The lowest BCUT2D eigenvalue weighted by molar-refractivity contribution is -0.151. The molecule has 1 atom stereocenters. The third kappa shape index (κ3) is 6.63. The Bertz CT molecular complexity index is 1650. The van der Waals surface area contributed by atoms with Gasteiger partial charge in [0.25, 0.3) is 11.5 Å². The van der Waals surface area contributed by atoms with Gasteiger partial charge in [0.15, 0.2) is 0 Å². The molecule has 0 saturated heterocycles. The molecule has 0 aliphatic carbocycles. The van der Waals surface area contributed by atoms with Gasteiger partial charge in [-0.05, 0) is 57.0 Å². The van der Waals surface area contributed by atoms with Gasteiger partial charge in [-0.15, -0.1) is 6.42 Å². The molecule has 3 aromatic rings. The fourth-order valence-electron chi connectivity index (χ4n) is 5.08. The zero-order valence-corrected chi connectivity index (χ0v) is 23.8. The highest BCUT2D eigenvalue weighted by atomic mass is 19.4. The van der Waals surface area contributed by atoms with Gasteiger partial charge in [0.05, 0.1) is 28.6 Å². The van der Waals surface area contributed by atoms with Gasteiger partial charge in [-0.25, -0.2) is 9.78 Å². The first-order valence-corrected chi connectivity index (χ1v) is 13.3. The molecular weight excluding hydrogens is 569 g/mol. The Labute approximate surface area is 245 Å². The van der Waals surface area contributed by atoms with Crippen LogP contribution in [0, 0.1) is 19.3 Å². The first-order valence-electron chi connectivity index (χ1n) is 13.3. The number of aromatic nitrogens is 2. The van der Waals surface area contributed by atoms with E-state index in [1.807, 2.05) is 0 Å². The van der Waals surface area contributed by atoms with Crippen molar-refractivity contribution in [3.8, 4) is 12.3 Å². The van der Waals surface area contributed by atoms with E-state index in [1.165, 1.54) is 29.4 Å². The van der Waals surface area contributed by atoms with Crippen LogP contribution in [0.25, 0.3) is 10.9 Å². The molecule has 10 nitrogen and oxygen atoms in total. The number of nitrogens with zero attached hydrogens (tertiary/aromatic N) is 4. The molecule has 1 heterocycles. The smallest absolute Gasteiger partial charge is 0.417 e. The zero-order chi connectivity index (χ0) is 32.1. The van der Waals surface area contributed by atoms with E-state index in [1.54, 1.807) is 31.2 Å². The lowest BCUT2D eigenvalue weighted by Crippen LogP contribution is -2.57. The number of halogens is 3. The number of para-hydroxylation sites is 1. The van der Waals surface area contributed by atoms with Gasteiger partial charge in [-0.2, -0.15) is 13.2 Å². The van der Waals surface area contributed by atoms with Crippen LogP contribution in [0.5, 0.6) is 0 Å². The first-order chi connectivity index (χ1) is 20.2. The van der Waals surface area contributed by atoms with Gasteiger partial charge >= 0.3 is 18.1 Å². The van der Waals surface area contributed by atoms with Crippen LogP contribution in [-0.2, 0) is 22.4 Å². The third-order valence-electron chi connectivity index (χ3n) is 7.36. The number of hydrogen-bond acceptors (Lipinski definition) is 6. The van der Waals surface area contributed by atoms with Crippen molar-refractivity contribution in [2.75, 3.05) is 18.0 Å². The molecule has 1 aromatic heterocycles. The highest BCUT2D eigenvalue weighted by Gasteiger charge is 2.46. The predicted molar refractivity (Wildman–Crippen MR) is 153 cm³/mol. The van der Waals surface area contributed by atoms with E-state index in [2.05, 4.69) is 10.9 Å². The first kappa shape index (κ1) is 32.7. The molecule has 0 radical (unpaired) electrons. The van der Waals surface area contributed by atoms with Crippen LogP contribution < -0.4 is 10.5 Å². The molecular formula is C30H31F3N4O6. The van der Waals surface area contributed by atoms with Crippen LogP contribution >= 0.6 is 0 Å². The summed E-state index contributed by atoms with van der Waals surface area (Å²) in [6.07, 6.45) is -0.883. The van der Waals surface area contributed by atoms with Crippen molar-refractivity contribution in [1.82, 2.24) is 14.5 Å². The maximum Gasteiger partial charge on any atom is 0.417 e. The molecule has 228 valence electrons. The molecule has 0 aliphatic rings. The highest BCUT2D eigenvalue weighted by molar-refractivity contribution is 5.99. The van der Waals surface area contributed by atoms with E-state index in [0.29, 0.717) is 16.7 Å². The molecule has 0 bridgehead atoms. The van der Waals surface area contributed by atoms with Crippen LogP contribution in [-0.4, -0.2) is 61.1 Å². The number of benzene rings is 2. The van der Waals surface area contributed by atoms with Gasteiger partial charge in [-0.3, -0.25) is 19.0 Å². The van der Waals surface area contributed by atoms with E-state index in [-0.39, 0.29) is 31.9 Å². The van der Waals surface area contributed by atoms with Crippen molar-refractivity contribution < 1.29 is 37.8 Å². The minimum Gasteiger partial charge on any atom is -0.481 e. The second kappa shape index (κ2) is 13.0. The standard InChI is InChI=1S/C30H31F3N4O6/c1-5-16-35(18-36-19(4)34-24-11-9-8-10-22(24)26(36)40)20-12-13-21(23(17-20)30(31,32)33)27(41)37(7-3)29(6-2,28(42)43)15-14-25(38)39/h1,8-13,17H,6-7,14-16,18H2,2-4H3,(H,38,39)(H,42,43)/t29-/m0/s1. The van der Waals surface area contributed by atoms with E-state index in [4.69, 9.17) is 11.5 Å². The Kier molecular flexibility index (Phi) is 9.85. The second-order valence-electron chi connectivity index (χ2n) is 9.81. The second-order valence-corrected chi connectivity index (χ2v) is 9.81. The largest absolute Gasteiger partial charge is 0.481 e. The van der Waals surface area contributed by atoms with Gasteiger partial charge < -0.3 is 20.0 Å². The summed E-state index contributed by atoms with van der Waals surface area (Å²) in [5, 5.41) is 19.5. The molecule has 2 N–H and O–H groups in total. The number of anilines is 1. The zero-order valence-electron chi connectivity index (χ0n) is 23.8. The fourth-order valence-corrected chi connectivity index (χ4v) is 5.08. The van der Waals surface area contributed by atoms with E-state index in [9.17, 15) is 37.5 Å². The minimum atomic E-state index is -5.04. The van der Waals surface area contributed by atoms with Crippen molar-refractivity contribution in [3.05, 3.63) is 69.8 Å². The van der Waals surface area contributed by atoms with E-state index < -0.39 is 59.1 Å². The topological polar surface area (TPSA) is 133 Å². The lowest BCUT2D eigenvalue weighted by Gasteiger charge is -2.40. The number of alkyl halides is 3. The Morgan fingerprint density at radius 1 is 1.09 bits per heavy atom. The van der Waals surface area contributed by atoms with E-state index in [0.717, 1.165) is 17.0 Å². The number of hydrogen-bond donors (Lipinski definition) is 2. The Morgan fingerprint density at radius 2 is 1.77 bits per heavy atom. The molecule has 43 heavy (non-hydrogen) atoms. The maximum absolute atomic E-state index is 14.4. The Balaban J connectivity index is 2.13. The fraction of sp³-hybridized carbons (Fsp3) is 0.367. The van der Waals surface area contributed by atoms with E-state index >= 15 is 0 Å². The van der Waals surface area contributed by atoms with Gasteiger partial charge in [0.2, 0.25) is 0 Å². The van der Waals surface area contributed by atoms with Crippen molar-refractivity contribution >= 4 is 34.4 Å². The number of carbonyl (C=O) groups is 3. The summed E-state index contributed by atoms with van der Waals surface area (Å²) in [5.41, 5.74) is -4.21. The quantitative estimate of drug-likeness (QED) is 0.293. The van der Waals surface area contributed by atoms with Crippen LogP contribution in [0.2, 0.25) is 0 Å². The molecule has 0 saturated carbocycles. The molecule has 0 spiro atoms. The van der Waals surface area contributed by atoms with Gasteiger partial charge in [-0.1, -0.05) is 25.0 Å². The Morgan fingerprint density at radius 3 is 2.33 bits per heavy atom. The summed E-state index contributed by atoms with van der Waals surface area (Å²) in [7, 11) is 0. The summed E-state index contributed by atoms with van der Waals surface area (Å²) in [6.45, 7) is 3.67. The number of likely N-dealkylation sites (N-methyl/N-ethyl adjacent to an activating group) is 1. The van der Waals surface area contributed by atoms with Crippen LogP contribution in [0.1, 0.15) is 54.9 Å². The summed E-state index contributed by atoms with van der Waals surface area (Å²) in [6, 6.07) is 9.51. The number of fused-ring (bicyclic) bond motifs is 1. The predicted octanol–water partition coefficient (Wildman–Crippen LogP) is 4.38. The molecule has 3 rings (SSSR count). The normalized spacial score (nSPS) is 12.8. The molecule has 0 unspecified atom stereocenters. The number of aliphatic carboxylic acids is 2. The summed E-state index contributed by atoms with van der Waals surface area (Å²) in [4.78, 5) is 56.9. The van der Waals surface area contributed by atoms with Crippen molar-refractivity contribution in [2.45, 2.75) is 58.4 Å². The number of rotatable bonds is 12. The van der Waals surface area contributed by atoms with Crippen LogP contribution in [0.3, 0.4) is 0 Å². The van der Waals surface area contributed by atoms with Crippen molar-refractivity contribution in [3.63, 3.8) is 0 Å². The highest BCUT2D eigenvalue weighted by Crippen LogP contribution is 2.37. The van der Waals surface area contributed by atoms with Crippen LogP contribution in [0.4, 0.5) is 18.9 Å². The molecule has 1 amide bonds. The lowest BCUT2D eigenvalue weighted by atomic mass is 9.87. The summed E-state index contributed by atoms with van der Waals surface area (Å²) in [5.74, 6) is -1.38. The number of carboxylic acid groups (broad SMARTS) is 2. The van der Waals surface area contributed by atoms with Crippen molar-refractivity contribution in [1.29, 1.82) is 0 Å². The number of aryl methyl sites for hydroxylation is 1. The summed E-state index contributed by atoms with van der Waals surface area (Å²) >= 11 is 0. The number of carboxylic acids is 2. The number of terminal acetylenes is 1. The monoisotopic (exact) mass is 600 g/mol. The summed E-state index contributed by atoms with van der Waals surface area (Å²) < 4.78 is 44.6. The number of amides is 1. The third-order valence-corrected chi connectivity index (χ3v) is 7.36. The van der Waals surface area contributed by atoms with Gasteiger partial charge in [0.1, 0.15) is 18.0 Å². The SMILES string of the molecule is C#CCN(Cn1c(C)nc2ccccc2c1=O)c1ccc(C(=O)N(CC)[C@@](CC)(CCC(=O)O)C(=O)O)c(C(F)(F)F)c1. The minimum absolute atomic E-state index is 0.0461. The molecule has 13 heteroatoms. The number of carbonyl (C=O) groups excluding carboxylic acids is 1. The molecule has 0 fully saturated rings. The molecule has 2 aromatic carbocycles. The average Bonchev–Trinajstić information content (AvgIpc) is 2.95. The average molecular weight is 601 g/mol. The Hall–Kier alpha value is -4.86. The maximum atomic E-state index is 14.4. The van der Waals surface area contributed by atoms with Crippen LogP contribution in [0.15, 0.2) is 47.3 Å². The molecule has 0 aliphatic heterocycles.